The summed E-state index contributed by atoms with van der Waals surface area (Å²) >= 11 is 0. The van der Waals surface area contributed by atoms with E-state index in [-0.39, 0.29) is 17.9 Å². The highest BCUT2D eigenvalue weighted by Gasteiger charge is 2.32. The first-order valence-corrected chi connectivity index (χ1v) is 9.55. The zero-order valence-corrected chi connectivity index (χ0v) is 15.3. The molecule has 0 aliphatic heterocycles. The molecule has 1 saturated carbocycles. The first-order valence-electron chi connectivity index (χ1n) is 8.11. The van der Waals surface area contributed by atoms with Gasteiger partial charge in [-0.1, -0.05) is 33.1 Å². The third-order valence-electron chi connectivity index (χ3n) is 4.21. The Morgan fingerprint density at radius 1 is 1.14 bits per heavy atom. The van der Waals surface area contributed by atoms with Crippen LogP contribution in [0, 0.1) is 5.92 Å². The van der Waals surface area contributed by atoms with Crippen molar-refractivity contribution in [1.29, 1.82) is 0 Å². The Labute approximate surface area is 135 Å². The molecular formula is C15H31N3O3S. The van der Waals surface area contributed by atoms with Crippen LogP contribution < -0.4 is 4.72 Å². The van der Waals surface area contributed by atoms with Crippen LogP contribution in [0.1, 0.15) is 52.4 Å². The second-order valence-electron chi connectivity index (χ2n) is 6.85. The highest BCUT2D eigenvalue weighted by molar-refractivity contribution is 7.87. The number of hydrogen-bond donors (Lipinski definition) is 1. The summed E-state index contributed by atoms with van der Waals surface area (Å²) in [7, 11) is 1.26. The molecule has 0 unspecified atom stereocenters. The maximum Gasteiger partial charge on any atom is 0.280 e. The molecule has 1 rings (SSSR count). The molecule has 1 aliphatic rings. The number of carbonyl (C=O) groups excluding carboxylic acids is 1. The lowest BCUT2D eigenvalue weighted by Gasteiger charge is -2.32. The van der Waals surface area contributed by atoms with Gasteiger partial charge in [0.05, 0.1) is 0 Å². The Morgan fingerprint density at radius 3 is 2.14 bits per heavy atom. The SMILES string of the molecule is CC(C)C[C@@H](NS(=O)(=O)N(C)C1CCCCC1)C(=O)N(C)C. The molecule has 130 valence electrons. The average Bonchev–Trinajstić information content (AvgIpc) is 2.45. The molecule has 0 aromatic rings. The molecule has 1 fully saturated rings. The number of likely N-dealkylation sites (N-methyl/N-ethyl adjacent to an activating group) is 1. The van der Waals surface area contributed by atoms with Gasteiger partial charge in [-0.2, -0.15) is 17.4 Å². The largest absolute Gasteiger partial charge is 0.347 e. The Morgan fingerprint density at radius 2 is 1.68 bits per heavy atom. The van der Waals surface area contributed by atoms with Gasteiger partial charge in [-0.3, -0.25) is 4.79 Å². The summed E-state index contributed by atoms with van der Waals surface area (Å²) in [6, 6.07) is -0.661. The van der Waals surface area contributed by atoms with Gasteiger partial charge in [0.15, 0.2) is 0 Å². The topological polar surface area (TPSA) is 69.7 Å². The quantitative estimate of drug-likeness (QED) is 0.769. The summed E-state index contributed by atoms with van der Waals surface area (Å²) in [6.45, 7) is 3.96. The van der Waals surface area contributed by atoms with Crippen molar-refractivity contribution >= 4 is 16.1 Å². The van der Waals surface area contributed by atoms with E-state index >= 15 is 0 Å². The second-order valence-corrected chi connectivity index (χ2v) is 8.61. The van der Waals surface area contributed by atoms with Gasteiger partial charge < -0.3 is 4.90 Å². The van der Waals surface area contributed by atoms with E-state index in [9.17, 15) is 13.2 Å². The average molecular weight is 333 g/mol. The molecular weight excluding hydrogens is 302 g/mol. The Kier molecular flexibility index (Phi) is 7.28. The molecule has 0 spiro atoms. The van der Waals surface area contributed by atoms with Crippen molar-refractivity contribution in [3.63, 3.8) is 0 Å². The van der Waals surface area contributed by atoms with Gasteiger partial charge in [0.2, 0.25) is 5.91 Å². The molecule has 0 aromatic carbocycles. The van der Waals surface area contributed by atoms with E-state index in [2.05, 4.69) is 4.72 Å². The molecule has 0 radical (unpaired) electrons. The Hall–Kier alpha value is -0.660. The van der Waals surface area contributed by atoms with Crippen molar-refractivity contribution in [2.75, 3.05) is 21.1 Å². The molecule has 7 heteroatoms. The summed E-state index contributed by atoms with van der Waals surface area (Å²) in [6.07, 6.45) is 5.59. The lowest BCUT2D eigenvalue weighted by atomic mass is 9.96. The molecule has 0 aromatic heterocycles. The van der Waals surface area contributed by atoms with Crippen LogP contribution >= 0.6 is 0 Å². The summed E-state index contributed by atoms with van der Waals surface area (Å²) in [5.41, 5.74) is 0. The standard InChI is InChI=1S/C15H31N3O3S/c1-12(2)11-14(15(19)17(3)4)16-22(20,21)18(5)13-9-7-6-8-10-13/h12-14,16H,6-11H2,1-5H3/t14-/m1/s1. The van der Waals surface area contributed by atoms with E-state index in [1.54, 1.807) is 21.1 Å². The lowest BCUT2D eigenvalue weighted by molar-refractivity contribution is -0.130. The second kappa shape index (κ2) is 8.26. The van der Waals surface area contributed by atoms with Crippen LogP contribution in [0.2, 0.25) is 0 Å². The van der Waals surface area contributed by atoms with E-state index in [4.69, 9.17) is 0 Å². The first kappa shape index (κ1) is 19.4. The smallest absolute Gasteiger partial charge is 0.280 e. The normalized spacial score (nSPS) is 18.7. The van der Waals surface area contributed by atoms with E-state index in [1.807, 2.05) is 13.8 Å². The lowest BCUT2D eigenvalue weighted by Crippen LogP contribution is -2.53. The predicted octanol–water partition coefficient (Wildman–Crippen LogP) is 1.59. The fourth-order valence-electron chi connectivity index (χ4n) is 2.89. The van der Waals surface area contributed by atoms with Crippen molar-refractivity contribution < 1.29 is 13.2 Å². The Balaban J connectivity index is 2.82. The minimum atomic E-state index is -3.65. The maximum absolute atomic E-state index is 12.6. The van der Waals surface area contributed by atoms with Gasteiger partial charge in [-0.15, -0.1) is 0 Å². The van der Waals surface area contributed by atoms with Crippen LogP contribution in [0.25, 0.3) is 0 Å². The van der Waals surface area contributed by atoms with Gasteiger partial charge in [0.1, 0.15) is 6.04 Å². The monoisotopic (exact) mass is 333 g/mol. The van der Waals surface area contributed by atoms with Gasteiger partial charge in [-0.05, 0) is 25.2 Å². The van der Waals surface area contributed by atoms with Crippen LogP contribution in [0.5, 0.6) is 0 Å². The summed E-state index contributed by atoms with van der Waals surface area (Å²) in [5, 5.41) is 0. The molecule has 1 atom stereocenters. The summed E-state index contributed by atoms with van der Waals surface area (Å²) in [5.74, 6) is 0.0332. The number of nitrogens with one attached hydrogen (secondary N) is 1. The zero-order chi connectivity index (χ0) is 16.9. The first-order chi connectivity index (χ1) is 10.1. The number of carbonyl (C=O) groups is 1. The van der Waals surface area contributed by atoms with Crippen molar-refractivity contribution in [3.8, 4) is 0 Å². The van der Waals surface area contributed by atoms with Crippen molar-refractivity contribution in [2.45, 2.75) is 64.5 Å². The van der Waals surface area contributed by atoms with Gasteiger partial charge in [0.25, 0.3) is 10.2 Å². The van der Waals surface area contributed by atoms with Crippen molar-refractivity contribution in [2.24, 2.45) is 5.92 Å². The number of rotatable bonds is 7. The molecule has 6 nitrogen and oxygen atoms in total. The molecule has 1 aliphatic carbocycles. The molecule has 1 amide bonds. The van der Waals surface area contributed by atoms with Crippen LogP contribution in [0.15, 0.2) is 0 Å². The van der Waals surface area contributed by atoms with Crippen LogP contribution in [0.4, 0.5) is 0 Å². The van der Waals surface area contributed by atoms with Crippen LogP contribution in [0.3, 0.4) is 0 Å². The number of amides is 1. The molecule has 0 bridgehead atoms. The van der Waals surface area contributed by atoms with E-state index in [0.717, 1.165) is 25.7 Å². The molecule has 22 heavy (non-hydrogen) atoms. The third kappa shape index (κ3) is 5.52. The summed E-state index contributed by atoms with van der Waals surface area (Å²) < 4.78 is 29.2. The number of hydrogen-bond acceptors (Lipinski definition) is 3. The predicted molar refractivity (Wildman–Crippen MR) is 88.6 cm³/mol. The minimum absolute atomic E-state index is 0.0420. The molecule has 0 saturated heterocycles. The molecule has 0 heterocycles. The zero-order valence-electron chi connectivity index (χ0n) is 14.5. The maximum atomic E-state index is 12.6. The van der Waals surface area contributed by atoms with Gasteiger partial charge >= 0.3 is 0 Å². The Bertz CT molecular complexity index is 457. The third-order valence-corrected chi connectivity index (χ3v) is 5.84. The highest BCUT2D eigenvalue weighted by Crippen LogP contribution is 2.23. The fraction of sp³-hybridized carbons (Fsp3) is 0.933. The van der Waals surface area contributed by atoms with Crippen molar-refractivity contribution in [1.82, 2.24) is 13.9 Å². The van der Waals surface area contributed by atoms with Crippen molar-refractivity contribution in [3.05, 3.63) is 0 Å². The highest BCUT2D eigenvalue weighted by atomic mass is 32.2. The van der Waals surface area contributed by atoms with E-state index in [0.29, 0.717) is 6.42 Å². The minimum Gasteiger partial charge on any atom is -0.347 e. The van der Waals surface area contributed by atoms with Gasteiger partial charge in [-0.25, -0.2) is 0 Å². The van der Waals surface area contributed by atoms with E-state index in [1.165, 1.54) is 15.6 Å². The fourth-order valence-corrected chi connectivity index (χ4v) is 4.21. The van der Waals surface area contributed by atoms with Crippen LogP contribution in [-0.4, -0.2) is 56.8 Å². The molecule has 1 N–H and O–H groups in total. The van der Waals surface area contributed by atoms with Crippen LogP contribution in [-0.2, 0) is 15.0 Å². The summed E-state index contributed by atoms with van der Waals surface area (Å²) in [4.78, 5) is 13.7. The van der Waals surface area contributed by atoms with Gasteiger partial charge in [0, 0.05) is 27.2 Å². The van der Waals surface area contributed by atoms with E-state index < -0.39 is 16.3 Å². The number of nitrogens with zero attached hydrogens (tertiary/aromatic N) is 2.